The molecule has 1 aliphatic carbocycles. The molecule has 0 unspecified atom stereocenters. The number of rotatable bonds is 10. The van der Waals surface area contributed by atoms with Crippen LogP contribution in [0.2, 0.25) is 0 Å². The van der Waals surface area contributed by atoms with Crippen LogP contribution < -0.4 is 10.6 Å². The fourth-order valence-electron chi connectivity index (χ4n) is 1.94. The highest BCUT2D eigenvalue weighted by Crippen LogP contribution is 2.18. The van der Waals surface area contributed by atoms with Gasteiger partial charge in [0.15, 0.2) is 0 Å². The molecule has 0 bridgehead atoms. The number of unbranched alkanes of at least 4 members (excludes halogenated alkanes) is 1. The molecule has 1 aliphatic rings. The lowest BCUT2D eigenvalue weighted by molar-refractivity contribution is 0.616. The third-order valence-electron chi connectivity index (χ3n) is 3.17. The molecule has 0 atom stereocenters. The van der Waals surface area contributed by atoms with Crippen molar-refractivity contribution in [1.82, 2.24) is 15.6 Å². The summed E-state index contributed by atoms with van der Waals surface area (Å²) in [5.41, 5.74) is 1.28. The molecular formula is C14H25N3S. The molecule has 1 aromatic heterocycles. The summed E-state index contributed by atoms with van der Waals surface area (Å²) in [5.74, 6) is 0. The molecule has 1 aromatic rings. The summed E-state index contributed by atoms with van der Waals surface area (Å²) in [5, 5.41) is 10.4. The van der Waals surface area contributed by atoms with Crippen LogP contribution in [0.1, 0.15) is 49.7 Å². The van der Waals surface area contributed by atoms with Crippen LogP contribution in [0, 0.1) is 0 Å². The normalized spacial score (nSPS) is 15.2. The first-order valence-corrected chi connectivity index (χ1v) is 8.14. The van der Waals surface area contributed by atoms with Crippen LogP contribution in [0.25, 0.3) is 0 Å². The van der Waals surface area contributed by atoms with Gasteiger partial charge in [-0.15, -0.1) is 11.3 Å². The second-order valence-corrected chi connectivity index (χ2v) is 6.04. The molecule has 18 heavy (non-hydrogen) atoms. The standard InChI is InChI=1S/C14H25N3S/c1-2-8-15-10-14-17-13(11-18-14)5-3-4-9-16-12-6-7-12/h11-12,15-16H,2-10H2,1H3. The summed E-state index contributed by atoms with van der Waals surface area (Å²) < 4.78 is 0. The van der Waals surface area contributed by atoms with Crippen molar-refractivity contribution in [2.24, 2.45) is 0 Å². The summed E-state index contributed by atoms with van der Waals surface area (Å²) >= 11 is 1.79. The number of aryl methyl sites for hydroxylation is 1. The fourth-order valence-corrected chi connectivity index (χ4v) is 2.74. The SMILES string of the molecule is CCCNCc1nc(CCCCNC2CC2)cs1. The minimum Gasteiger partial charge on any atom is -0.314 e. The predicted molar refractivity (Wildman–Crippen MR) is 78.1 cm³/mol. The van der Waals surface area contributed by atoms with Gasteiger partial charge in [-0.25, -0.2) is 4.98 Å². The number of hydrogen-bond donors (Lipinski definition) is 2. The van der Waals surface area contributed by atoms with Crippen LogP contribution in [-0.2, 0) is 13.0 Å². The van der Waals surface area contributed by atoms with Gasteiger partial charge in [-0.1, -0.05) is 6.92 Å². The first-order chi connectivity index (χ1) is 8.88. The van der Waals surface area contributed by atoms with Crippen molar-refractivity contribution >= 4 is 11.3 Å². The average molecular weight is 267 g/mol. The van der Waals surface area contributed by atoms with Crippen LogP contribution in [0.3, 0.4) is 0 Å². The topological polar surface area (TPSA) is 37.0 Å². The van der Waals surface area contributed by atoms with Crippen molar-refractivity contribution in [3.8, 4) is 0 Å². The van der Waals surface area contributed by atoms with Gasteiger partial charge >= 0.3 is 0 Å². The third kappa shape index (κ3) is 5.46. The Balaban J connectivity index is 1.54. The van der Waals surface area contributed by atoms with E-state index in [1.807, 2.05) is 0 Å². The Hall–Kier alpha value is -0.450. The molecule has 0 radical (unpaired) electrons. The Morgan fingerprint density at radius 2 is 2.22 bits per heavy atom. The quantitative estimate of drug-likeness (QED) is 0.640. The summed E-state index contributed by atoms with van der Waals surface area (Å²) in [6.07, 6.45) is 7.63. The Morgan fingerprint density at radius 3 is 3.00 bits per heavy atom. The minimum absolute atomic E-state index is 0.848. The van der Waals surface area contributed by atoms with E-state index in [2.05, 4.69) is 27.9 Å². The van der Waals surface area contributed by atoms with Gasteiger partial charge in [0.2, 0.25) is 0 Å². The van der Waals surface area contributed by atoms with Gasteiger partial charge in [-0.3, -0.25) is 0 Å². The molecule has 0 aliphatic heterocycles. The summed E-state index contributed by atoms with van der Waals surface area (Å²) in [4.78, 5) is 4.66. The van der Waals surface area contributed by atoms with Gasteiger partial charge in [-0.2, -0.15) is 0 Å². The highest BCUT2D eigenvalue weighted by molar-refractivity contribution is 7.09. The third-order valence-corrected chi connectivity index (χ3v) is 4.07. The van der Waals surface area contributed by atoms with Crippen LogP contribution in [-0.4, -0.2) is 24.1 Å². The lowest BCUT2D eigenvalue weighted by atomic mass is 10.2. The number of thiazole rings is 1. The number of nitrogens with one attached hydrogen (secondary N) is 2. The summed E-state index contributed by atoms with van der Waals surface area (Å²) in [6, 6.07) is 0.848. The van der Waals surface area contributed by atoms with E-state index in [1.54, 1.807) is 11.3 Å². The molecule has 3 nitrogen and oxygen atoms in total. The molecule has 4 heteroatoms. The predicted octanol–water partition coefficient (Wildman–Crippen LogP) is 2.72. The molecule has 1 heterocycles. The largest absolute Gasteiger partial charge is 0.314 e. The number of hydrogen-bond acceptors (Lipinski definition) is 4. The van der Waals surface area contributed by atoms with Crippen LogP contribution >= 0.6 is 11.3 Å². The highest BCUT2D eigenvalue weighted by atomic mass is 32.1. The van der Waals surface area contributed by atoms with E-state index < -0.39 is 0 Å². The Kier molecular flexibility index (Phi) is 6.11. The monoisotopic (exact) mass is 267 g/mol. The Morgan fingerprint density at radius 1 is 1.33 bits per heavy atom. The Labute approximate surface area is 114 Å². The molecule has 2 rings (SSSR count). The summed E-state index contributed by atoms with van der Waals surface area (Å²) in [6.45, 7) is 5.39. The van der Waals surface area contributed by atoms with E-state index in [0.717, 1.165) is 25.6 Å². The maximum atomic E-state index is 4.66. The van der Waals surface area contributed by atoms with Gasteiger partial charge in [0.1, 0.15) is 5.01 Å². The molecule has 1 fully saturated rings. The van der Waals surface area contributed by atoms with E-state index in [9.17, 15) is 0 Å². The maximum Gasteiger partial charge on any atom is 0.107 e. The smallest absolute Gasteiger partial charge is 0.107 e. The number of aromatic nitrogens is 1. The zero-order valence-electron chi connectivity index (χ0n) is 11.4. The molecule has 0 amide bonds. The molecular weight excluding hydrogens is 242 g/mol. The van der Waals surface area contributed by atoms with Crippen molar-refractivity contribution in [2.45, 2.75) is 58.0 Å². The van der Waals surface area contributed by atoms with Gasteiger partial charge in [-0.05, 0) is 51.6 Å². The van der Waals surface area contributed by atoms with E-state index in [1.165, 1.54) is 49.4 Å². The van der Waals surface area contributed by atoms with Crippen molar-refractivity contribution in [1.29, 1.82) is 0 Å². The van der Waals surface area contributed by atoms with Gasteiger partial charge in [0.25, 0.3) is 0 Å². The maximum absolute atomic E-state index is 4.66. The second kappa shape index (κ2) is 7.87. The minimum atomic E-state index is 0.848. The molecule has 1 saturated carbocycles. The van der Waals surface area contributed by atoms with Gasteiger partial charge in [0.05, 0.1) is 5.69 Å². The fraction of sp³-hybridized carbons (Fsp3) is 0.786. The van der Waals surface area contributed by atoms with Crippen molar-refractivity contribution in [2.75, 3.05) is 13.1 Å². The molecule has 2 N–H and O–H groups in total. The van der Waals surface area contributed by atoms with Crippen molar-refractivity contribution in [3.05, 3.63) is 16.1 Å². The average Bonchev–Trinajstić information content (AvgIpc) is 3.09. The zero-order valence-corrected chi connectivity index (χ0v) is 12.2. The zero-order chi connectivity index (χ0) is 12.6. The first kappa shape index (κ1) is 14.0. The first-order valence-electron chi connectivity index (χ1n) is 7.26. The van der Waals surface area contributed by atoms with Crippen LogP contribution in [0.5, 0.6) is 0 Å². The Bertz CT molecular complexity index is 334. The van der Waals surface area contributed by atoms with E-state index >= 15 is 0 Å². The molecule has 0 saturated heterocycles. The number of nitrogens with zero attached hydrogens (tertiary/aromatic N) is 1. The molecule has 0 spiro atoms. The summed E-state index contributed by atoms with van der Waals surface area (Å²) in [7, 11) is 0. The van der Waals surface area contributed by atoms with Gasteiger partial charge in [0, 0.05) is 18.0 Å². The van der Waals surface area contributed by atoms with E-state index in [-0.39, 0.29) is 0 Å². The van der Waals surface area contributed by atoms with Gasteiger partial charge < -0.3 is 10.6 Å². The van der Waals surface area contributed by atoms with Crippen molar-refractivity contribution in [3.63, 3.8) is 0 Å². The van der Waals surface area contributed by atoms with Crippen LogP contribution in [0.4, 0.5) is 0 Å². The van der Waals surface area contributed by atoms with E-state index in [4.69, 9.17) is 0 Å². The van der Waals surface area contributed by atoms with Crippen molar-refractivity contribution < 1.29 is 0 Å². The second-order valence-electron chi connectivity index (χ2n) is 5.09. The lowest BCUT2D eigenvalue weighted by Gasteiger charge is -2.01. The molecule has 102 valence electrons. The van der Waals surface area contributed by atoms with Crippen LogP contribution in [0.15, 0.2) is 5.38 Å². The molecule has 0 aromatic carbocycles. The highest BCUT2D eigenvalue weighted by Gasteiger charge is 2.19. The van der Waals surface area contributed by atoms with E-state index in [0.29, 0.717) is 0 Å². The lowest BCUT2D eigenvalue weighted by Crippen LogP contribution is -2.17.